The first-order valence-corrected chi connectivity index (χ1v) is 8.49. The minimum Gasteiger partial charge on any atom is -0.315 e. The van der Waals surface area contributed by atoms with Gasteiger partial charge < -0.3 is 5.32 Å². The van der Waals surface area contributed by atoms with Crippen LogP contribution in [0.25, 0.3) is 0 Å². The van der Waals surface area contributed by atoms with Crippen LogP contribution in [-0.2, 0) is 13.5 Å². The van der Waals surface area contributed by atoms with Crippen molar-refractivity contribution in [3.63, 3.8) is 0 Å². The predicted octanol–water partition coefficient (Wildman–Crippen LogP) is 2.51. The summed E-state index contributed by atoms with van der Waals surface area (Å²) < 4.78 is 2.05. The Labute approximate surface area is 129 Å². The number of nitrogens with zero attached hydrogens (tertiary/aromatic N) is 3. The molecule has 4 nitrogen and oxygen atoms in total. The molecule has 1 heterocycles. The van der Waals surface area contributed by atoms with E-state index in [1.807, 2.05) is 4.68 Å². The van der Waals surface area contributed by atoms with E-state index in [1.54, 1.807) is 0 Å². The summed E-state index contributed by atoms with van der Waals surface area (Å²) in [5.74, 6) is 0. The molecule has 0 amide bonds. The normalized spacial score (nSPS) is 19.3. The topological polar surface area (TPSA) is 33.1 Å². The fourth-order valence-corrected chi connectivity index (χ4v) is 4.35. The van der Waals surface area contributed by atoms with Crippen molar-refractivity contribution < 1.29 is 0 Å². The maximum Gasteiger partial charge on any atom is 0.0596 e. The van der Waals surface area contributed by atoms with Crippen LogP contribution in [0.2, 0.25) is 0 Å². The van der Waals surface area contributed by atoms with Crippen molar-refractivity contribution in [2.24, 2.45) is 7.05 Å². The molecule has 4 heteroatoms. The van der Waals surface area contributed by atoms with Crippen LogP contribution in [0, 0.1) is 6.92 Å². The summed E-state index contributed by atoms with van der Waals surface area (Å²) in [7, 11) is 4.19. The van der Waals surface area contributed by atoms with Gasteiger partial charge >= 0.3 is 0 Å². The zero-order valence-corrected chi connectivity index (χ0v) is 14.4. The van der Waals surface area contributed by atoms with E-state index in [4.69, 9.17) is 0 Å². The largest absolute Gasteiger partial charge is 0.315 e. The molecular weight excluding hydrogens is 260 g/mol. The maximum atomic E-state index is 4.51. The zero-order chi connectivity index (χ0) is 15.5. The smallest absolute Gasteiger partial charge is 0.0596 e. The van der Waals surface area contributed by atoms with Crippen molar-refractivity contribution >= 4 is 0 Å². The zero-order valence-electron chi connectivity index (χ0n) is 14.4. The Hall–Kier alpha value is -0.870. The molecular formula is C17H32N4. The number of likely N-dealkylation sites (N-methyl/N-ethyl adjacent to an activating group) is 2. The molecule has 2 rings (SSSR count). The number of aryl methyl sites for hydroxylation is 2. The molecule has 0 bridgehead atoms. The fourth-order valence-electron chi connectivity index (χ4n) is 4.35. The van der Waals surface area contributed by atoms with E-state index in [0.717, 1.165) is 25.2 Å². The summed E-state index contributed by atoms with van der Waals surface area (Å²) >= 11 is 0. The second kappa shape index (κ2) is 6.93. The molecule has 1 aromatic rings. The Morgan fingerprint density at radius 2 is 1.95 bits per heavy atom. The molecule has 0 aromatic carbocycles. The third kappa shape index (κ3) is 3.16. The van der Waals surface area contributed by atoms with Gasteiger partial charge in [-0.3, -0.25) is 9.58 Å². The molecule has 1 aromatic heterocycles. The van der Waals surface area contributed by atoms with Crippen LogP contribution < -0.4 is 5.32 Å². The van der Waals surface area contributed by atoms with Gasteiger partial charge in [-0.15, -0.1) is 0 Å². The average molecular weight is 292 g/mol. The van der Waals surface area contributed by atoms with E-state index in [1.165, 1.54) is 31.4 Å². The lowest BCUT2D eigenvalue weighted by Gasteiger charge is -2.46. The molecule has 1 fully saturated rings. The van der Waals surface area contributed by atoms with Crippen LogP contribution in [-0.4, -0.2) is 46.4 Å². The fraction of sp³-hybridized carbons (Fsp3) is 0.824. The van der Waals surface area contributed by atoms with Crippen molar-refractivity contribution in [1.82, 2.24) is 20.0 Å². The van der Waals surface area contributed by atoms with Crippen LogP contribution >= 0.6 is 0 Å². The Kier molecular flexibility index (Phi) is 5.44. The highest BCUT2D eigenvalue weighted by molar-refractivity contribution is 5.14. The number of hydrogen-bond acceptors (Lipinski definition) is 3. The lowest BCUT2D eigenvalue weighted by Crippen LogP contribution is -2.60. The van der Waals surface area contributed by atoms with Crippen molar-refractivity contribution in [3.8, 4) is 0 Å². The van der Waals surface area contributed by atoms with Gasteiger partial charge in [-0.1, -0.05) is 26.7 Å². The third-order valence-corrected chi connectivity index (χ3v) is 5.37. The molecule has 1 N–H and O–H groups in total. The molecule has 1 saturated carbocycles. The lowest BCUT2D eigenvalue weighted by molar-refractivity contribution is 0.0652. The Morgan fingerprint density at radius 3 is 2.38 bits per heavy atom. The number of rotatable bonds is 7. The van der Waals surface area contributed by atoms with Crippen molar-refractivity contribution in [3.05, 3.63) is 17.5 Å². The number of aromatic nitrogens is 2. The van der Waals surface area contributed by atoms with E-state index >= 15 is 0 Å². The monoisotopic (exact) mass is 292 g/mol. The van der Waals surface area contributed by atoms with Crippen LogP contribution in [0.15, 0.2) is 6.07 Å². The summed E-state index contributed by atoms with van der Waals surface area (Å²) in [5.41, 5.74) is 2.77. The average Bonchev–Trinajstić information content (AvgIpc) is 3.05. The van der Waals surface area contributed by atoms with Crippen LogP contribution in [0.3, 0.4) is 0 Å². The van der Waals surface area contributed by atoms with Gasteiger partial charge in [0.1, 0.15) is 0 Å². The minimum atomic E-state index is 0.316. The summed E-state index contributed by atoms with van der Waals surface area (Å²) in [6, 6.07) is 2.73. The second-order valence-corrected chi connectivity index (χ2v) is 6.43. The Morgan fingerprint density at radius 1 is 1.33 bits per heavy atom. The van der Waals surface area contributed by atoms with E-state index in [0.29, 0.717) is 11.6 Å². The molecule has 0 spiro atoms. The second-order valence-electron chi connectivity index (χ2n) is 6.43. The molecule has 0 radical (unpaired) electrons. The van der Waals surface area contributed by atoms with Crippen LogP contribution in [0.5, 0.6) is 0 Å². The van der Waals surface area contributed by atoms with Gasteiger partial charge in [-0.05, 0) is 46.0 Å². The minimum absolute atomic E-state index is 0.316. The molecule has 21 heavy (non-hydrogen) atoms. The first-order valence-electron chi connectivity index (χ1n) is 8.49. The van der Waals surface area contributed by atoms with E-state index in [-0.39, 0.29) is 0 Å². The van der Waals surface area contributed by atoms with Gasteiger partial charge in [0.15, 0.2) is 0 Å². The summed E-state index contributed by atoms with van der Waals surface area (Å²) in [4.78, 5) is 2.68. The first kappa shape index (κ1) is 16.5. The van der Waals surface area contributed by atoms with Gasteiger partial charge in [0.2, 0.25) is 0 Å². The molecule has 0 aliphatic heterocycles. The molecule has 0 saturated heterocycles. The highest BCUT2D eigenvalue weighted by Crippen LogP contribution is 2.39. The van der Waals surface area contributed by atoms with Gasteiger partial charge in [0, 0.05) is 30.7 Å². The molecule has 1 atom stereocenters. The Balaban J connectivity index is 2.26. The van der Waals surface area contributed by atoms with Crippen molar-refractivity contribution in [2.75, 3.05) is 20.1 Å². The standard InChI is InChI=1S/C17H32N4/c1-6-21(7-2)17(10-8-9-11-17)16(18-4)13-15-12-14(3)19-20(15)5/h12,16,18H,6-11,13H2,1-5H3. The quantitative estimate of drug-likeness (QED) is 0.838. The first-order chi connectivity index (χ1) is 10.1. The molecule has 1 unspecified atom stereocenters. The lowest BCUT2D eigenvalue weighted by atomic mass is 9.83. The van der Waals surface area contributed by atoms with E-state index in [9.17, 15) is 0 Å². The van der Waals surface area contributed by atoms with Gasteiger partial charge in [-0.2, -0.15) is 5.10 Å². The summed E-state index contributed by atoms with van der Waals surface area (Å²) in [6.45, 7) is 8.95. The maximum absolute atomic E-state index is 4.51. The highest BCUT2D eigenvalue weighted by atomic mass is 15.3. The van der Waals surface area contributed by atoms with Gasteiger partial charge in [0.05, 0.1) is 5.69 Å². The molecule has 1 aliphatic rings. The van der Waals surface area contributed by atoms with Gasteiger partial charge in [0.25, 0.3) is 0 Å². The number of hydrogen-bond donors (Lipinski definition) is 1. The van der Waals surface area contributed by atoms with Crippen molar-refractivity contribution in [2.45, 2.75) is 64.5 Å². The molecule has 120 valence electrons. The molecule has 1 aliphatic carbocycles. The summed E-state index contributed by atoms with van der Waals surface area (Å²) in [6.07, 6.45) is 6.41. The van der Waals surface area contributed by atoms with Crippen LogP contribution in [0.4, 0.5) is 0 Å². The predicted molar refractivity (Wildman–Crippen MR) is 88.6 cm³/mol. The van der Waals surface area contributed by atoms with E-state index < -0.39 is 0 Å². The third-order valence-electron chi connectivity index (χ3n) is 5.37. The SMILES string of the molecule is CCN(CC)C1(C(Cc2cc(C)nn2C)NC)CCCC1. The van der Waals surface area contributed by atoms with Crippen molar-refractivity contribution in [1.29, 1.82) is 0 Å². The number of nitrogens with one attached hydrogen (secondary N) is 1. The highest BCUT2D eigenvalue weighted by Gasteiger charge is 2.44. The summed E-state index contributed by atoms with van der Waals surface area (Å²) in [5, 5.41) is 8.14. The van der Waals surface area contributed by atoms with E-state index in [2.05, 4.69) is 56.2 Å². The van der Waals surface area contributed by atoms with Crippen LogP contribution in [0.1, 0.15) is 50.9 Å². The Bertz CT molecular complexity index is 442. The van der Waals surface area contributed by atoms with Gasteiger partial charge in [-0.25, -0.2) is 0 Å².